The maximum atomic E-state index is 12.9. The molecule has 0 bridgehead atoms. The van der Waals surface area contributed by atoms with Crippen LogP contribution in [-0.4, -0.2) is 5.11 Å². The number of hydrogen-bond acceptors (Lipinski definition) is 1. The smallest absolute Gasteiger partial charge is 0.123 e. The zero-order valence-electron chi connectivity index (χ0n) is 10.0. The minimum Gasteiger partial charge on any atom is -0.385 e. The molecular weight excluding hydrogens is 342 g/mol. The van der Waals surface area contributed by atoms with E-state index in [0.717, 1.165) is 14.7 Å². The Hall–Kier alpha value is -0.940. The number of halogens is 2. The van der Waals surface area contributed by atoms with Crippen molar-refractivity contribution >= 4 is 22.6 Å². The molecule has 0 radical (unpaired) electrons. The Bertz CT molecular complexity index is 517. The highest BCUT2D eigenvalue weighted by atomic mass is 127. The first-order valence-corrected chi connectivity index (χ1v) is 6.78. The number of hydrogen-bond donors (Lipinski definition) is 1. The third-order valence-electron chi connectivity index (χ3n) is 2.93. The van der Waals surface area contributed by atoms with Gasteiger partial charge in [-0.05, 0) is 64.9 Å². The summed E-state index contributed by atoms with van der Waals surface area (Å²) in [7, 11) is 0. The summed E-state index contributed by atoms with van der Waals surface area (Å²) in [6.07, 6.45) is 0.509. The van der Waals surface area contributed by atoms with Crippen molar-refractivity contribution in [1.82, 2.24) is 0 Å². The van der Waals surface area contributed by atoms with Gasteiger partial charge in [0.25, 0.3) is 0 Å². The molecule has 1 unspecified atom stereocenters. The summed E-state index contributed by atoms with van der Waals surface area (Å²) in [4.78, 5) is 0. The second-order valence-electron chi connectivity index (χ2n) is 4.58. The first-order chi connectivity index (χ1) is 8.47. The average molecular weight is 356 g/mol. The van der Waals surface area contributed by atoms with Crippen LogP contribution >= 0.6 is 22.6 Å². The SMILES string of the molecule is CC(O)(Cc1ccc(I)cc1)c1ccc(F)cc1. The van der Waals surface area contributed by atoms with Crippen molar-refractivity contribution < 1.29 is 9.50 Å². The lowest BCUT2D eigenvalue weighted by Gasteiger charge is -2.24. The monoisotopic (exact) mass is 356 g/mol. The van der Waals surface area contributed by atoms with Gasteiger partial charge in [0.05, 0.1) is 5.60 Å². The summed E-state index contributed by atoms with van der Waals surface area (Å²) in [5, 5.41) is 10.5. The van der Waals surface area contributed by atoms with Gasteiger partial charge in [0, 0.05) is 9.99 Å². The molecule has 1 nitrogen and oxygen atoms in total. The minimum absolute atomic E-state index is 0.288. The lowest BCUT2D eigenvalue weighted by atomic mass is 9.89. The Morgan fingerprint density at radius 1 is 1.06 bits per heavy atom. The number of aliphatic hydroxyl groups is 1. The Labute approximate surface area is 120 Å². The molecule has 1 atom stereocenters. The van der Waals surface area contributed by atoms with Gasteiger partial charge in [-0.2, -0.15) is 0 Å². The van der Waals surface area contributed by atoms with Crippen molar-refractivity contribution in [3.05, 3.63) is 69.0 Å². The van der Waals surface area contributed by atoms with Crippen LogP contribution in [-0.2, 0) is 12.0 Å². The molecule has 2 rings (SSSR count). The molecule has 0 aliphatic rings. The summed E-state index contributed by atoms with van der Waals surface area (Å²) in [5.41, 5.74) is 0.799. The van der Waals surface area contributed by atoms with Crippen molar-refractivity contribution in [3.63, 3.8) is 0 Å². The maximum absolute atomic E-state index is 12.9. The molecule has 18 heavy (non-hydrogen) atoms. The van der Waals surface area contributed by atoms with Crippen LogP contribution in [0, 0.1) is 9.39 Å². The third kappa shape index (κ3) is 3.29. The van der Waals surface area contributed by atoms with E-state index in [9.17, 15) is 9.50 Å². The fourth-order valence-electron chi connectivity index (χ4n) is 1.91. The predicted octanol–water partition coefficient (Wildman–Crippen LogP) is 3.88. The fraction of sp³-hybridized carbons (Fsp3) is 0.200. The molecule has 1 N–H and O–H groups in total. The molecule has 0 aliphatic carbocycles. The molecular formula is C15H14FIO. The van der Waals surface area contributed by atoms with Gasteiger partial charge in [0.2, 0.25) is 0 Å². The first-order valence-electron chi connectivity index (χ1n) is 5.70. The largest absolute Gasteiger partial charge is 0.385 e. The summed E-state index contributed by atoms with van der Waals surface area (Å²) in [6, 6.07) is 14.0. The van der Waals surface area contributed by atoms with Gasteiger partial charge in [-0.1, -0.05) is 24.3 Å². The molecule has 0 heterocycles. The van der Waals surface area contributed by atoms with E-state index in [1.807, 2.05) is 24.3 Å². The molecule has 0 saturated heterocycles. The van der Waals surface area contributed by atoms with Crippen molar-refractivity contribution in [2.75, 3.05) is 0 Å². The molecule has 94 valence electrons. The zero-order valence-corrected chi connectivity index (χ0v) is 12.2. The third-order valence-corrected chi connectivity index (χ3v) is 3.65. The van der Waals surface area contributed by atoms with E-state index < -0.39 is 5.60 Å². The van der Waals surface area contributed by atoms with Crippen molar-refractivity contribution in [3.8, 4) is 0 Å². The van der Waals surface area contributed by atoms with Crippen LogP contribution in [0.15, 0.2) is 48.5 Å². The molecule has 0 aromatic heterocycles. The van der Waals surface area contributed by atoms with Gasteiger partial charge in [0.1, 0.15) is 5.82 Å². The minimum atomic E-state index is -0.986. The molecule has 3 heteroatoms. The van der Waals surface area contributed by atoms with Crippen LogP contribution in [0.3, 0.4) is 0 Å². The Morgan fingerprint density at radius 3 is 2.17 bits per heavy atom. The van der Waals surface area contributed by atoms with E-state index in [0.29, 0.717) is 6.42 Å². The lowest BCUT2D eigenvalue weighted by molar-refractivity contribution is 0.0575. The fourth-order valence-corrected chi connectivity index (χ4v) is 2.27. The molecule has 0 amide bonds. The highest BCUT2D eigenvalue weighted by Gasteiger charge is 2.23. The van der Waals surface area contributed by atoms with Crippen LogP contribution in [0.25, 0.3) is 0 Å². The average Bonchev–Trinajstić information content (AvgIpc) is 2.32. The summed E-state index contributed by atoms with van der Waals surface area (Å²) >= 11 is 2.24. The van der Waals surface area contributed by atoms with E-state index in [1.54, 1.807) is 19.1 Å². The summed E-state index contributed by atoms with van der Waals surface area (Å²) < 4.78 is 14.0. The van der Waals surface area contributed by atoms with Crippen molar-refractivity contribution in [2.24, 2.45) is 0 Å². The summed E-state index contributed by atoms with van der Waals surface area (Å²) in [5.74, 6) is -0.288. The highest BCUT2D eigenvalue weighted by Crippen LogP contribution is 2.25. The quantitative estimate of drug-likeness (QED) is 0.828. The van der Waals surface area contributed by atoms with E-state index >= 15 is 0 Å². The molecule has 0 fully saturated rings. The molecule has 0 aliphatic heterocycles. The Kier molecular flexibility index (Phi) is 4.02. The van der Waals surface area contributed by atoms with E-state index in [4.69, 9.17) is 0 Å². The zero-order chi connectivity index (χ0) is 13.2. The molecule has 0 saturated carbocycles. The van der Waals surface area contributed by atoms with Gasteiger partial charge < -0.3 is 5.11 Å². The normalized spacial score (nSPS) is 14.2. The topological polar surface area (TPSA) is 20.2 Å². The second-order valence-corrected chi connectivity index (χ2v) is 5.83. The predicted molar refractivity (Wildman–Crippen MR) is 78.8 cm³/mol. The van der Waals surface area contributed by atoms with E-state index in [1.165, 1.54) is 12.1 Å². The van der Waals surface area contributed by atoms with Gasteiger partial charge in [-0.3, -0.25) is 0 Å². The Balaban J connectivity index is 2.20. The van der Waals surface area contributed by atoms with Crippen molar-refractivity contribution in [2.45, 2.75) is 18.9 Å². The lowest BCUT2D eigenvalue weighted by Crippen LogP contribution is -2.24. The van der Waals surface area contributed by atoms with E-state index in [-0.39, 0.29) is 5.82 Å². The molecule has 2 aromatic rings. The van der Waals surface area contributed by atoms with Gasteiger partial charge in [0.15, 0.2) is 0 Å². The standard InChI is InChI=1S/C15H14FIO/c1-15(18,12-4-6-13(16)7-5-12)10-11-2-8-14(17)9-3-11/h2-9,18H,10H2,1H3. The van der Waals surface area contributed by atoms with Crippen molar-refractivity contribution in [1.29, 1.82) is 0 Å². The van der Waals surface area contributed by atoms with Crippen LogP contribution in [0.4, 0.5) is 4.39 Å². The molecule has 2 aromatic carbocycles. The maximum Gasteiger partial charge on any atom is 0.123 e. The van der Waals surface area contributed by atoms with Crippen LogP contribution in [0.1, 0.15) is 18.1 Å². The van der Waals surface area contributed by atoms with Crippen LogP contribution < -0.4 is 0 Å². The second kappa shape index (κ2) is 5.36. The number of rotatable bonds is 3. The summed E-state index contributed by atoms with van der Waals surface area (Å²) in [6.45, 7) is 1.75. The number of benzene rings is 2. The van der Waals surface area contributed by atoms with Gasteiger partial charge >= 0.3 is 0 Å². The van der Waals surface area contributed by atoms with Gasteiger partial charge in [-0.15, -0.1) is 0 Å². The van der Waals surface area contributed by atoms with Gasteiger partial charge in [-0.25, -0.2) is 4.39 Å². The van der Waals surface area contributed by atoms with E-state index in [2.05, 4.69) is 22.6 Å². The molecule has 0 spiro atoms. The highest BCUT2D eigenvalue weighted by molar-refractivity contribution is 14.1. The first kappa shape index (κ1) is 13.5. The Morgan fingerprint density at radius 2 is 1.61 bits per heavy atom. The van der Waals surface area contributed by atoms with Crippen LogP contribution in [0.2, 0.25) is 0 Å². The van der Waals surface area contributed by atoms with Crippen LogP contribution in [0.5, 0.6) is 0 Å².